The first kappa shape index (κ1) is 37.5. The van der Waals surface area contributed by atoms with Crippen LogP contribution in [-0.2, 0) is 6.42 Å². The summed E-state index contributed by atoms with van der Waals surface area (Å²) in [5.74, 6) is 1.80. The van der Waals surface area contributed by atoms with E-state index >= 15 is 0 Å². The van der Waals surface area contributed by atoms with E-state index in [4.69, 9.17) is 19.9 Å². The predicted octanol–water partition coefficient (Wildman–Crippen LogP) is 13.9. The predicted molar refractivity (Wildman–Crippen MR) is 259 cm³/mol. The van der Waals surface area contributed by atoms with Gasteiger partial charge in [-0.3, -0.25) is 4.98 Å². The highest BCUT2D eigenvalue weighted by molar-refractivity contribution is 6.10. The Morgan fingerprint density at radius 3 is 1.75 bits per heavy atom. The zero-order valence-corrected chi connectivity index (χ0v) is 34.4. The Kier molecular flexibility index (Phi) is 9.63. The van der Waals surface area contributed by atoms with Crippen molar-refractivity contribution in [2.45, 2.75) is 6.42 Å². The third kappa shape index (κ3) is 7.19. The molecule has 0 radical (unpaired) electrons. The second-order valence-corrected chi connectivity index (χ2v) is 15.6. The third-order valence-electron chi connectivity index (χ3n) is 11.7. The molecule has 6 heteroatoms. The number of benzene rings is 7. The summed E-state index contributed by atoms with van der Waals surface area (Å²) >= 11 is 0. The fourth-order valence-electron chi connectivity index (χ4n) is 8.59. The Morgan fingerprint density at radius 1 is 0.429 bits per heavy atom. The SMILES string of the molecule is C=C1/C=C\C(c2ccc(-n3c4ccccc4c4ccc(-c5cncc(-c6nc(-c7ccccc7)nc(-c7ccccc7)n6)c5)cc43)cc2)=C/Cc2ccccc2N1c1ccccc1. The van der Waals surface area contributed by atoms with Crippen LogP contribution in [0, 0.1) is 0 Å². The Hall–Kier alpha value is -8.48. The van der Waals surface area contributed by atoms with E-state index in [0.29, 0.717) is 17.5 Å². The van der Waals surface area contributed by atoms with Crippen molar-refractivity contribution in [3.63, 3.8) is 0 Å². The summed E-state index contributed by atoms with van der Waals surface area (Å²) in [7, 11) is 0. The molecular formula is C57H40N6. The molecule has 0 bridgehead atoms. The van der Waals surface area contributed by atoms with E-state index in [1.54, 1.807) is 0 Å². The maximum Gasteiger partial charge on any atom is 0.165 e. The second-order valence-electron chi connectivity index (χ2n) is 15.6. The zero-order valence-electron chi connectivity index (χ0n) is 34.4. The summed E-state index contributed by atoms with van der Waals surface area (Å²) in [6.45, 7) is 4.52. The summed E-state index contributed by atoms with van der Waals surface area (Å²) in [5.41, 5.74) is 14.7. The van der Waals surface area contributed by atoms with Gasteiger partial charge in [0, 0.05) is 68.2 Å². The maximum absolute atomic E-state index is 4.97. The molecule has 3 aromatic heterocycles. The van der Waals surface area contributed by atoms with Crippen molar-refractivity contribution in [1.29, 1.82) is 0 Å². The summed E-state index contributed by atoms with van der Waals surface area (Å²) in [6, 6.07) is 65.5. The van der Waals surface area contributed by atoms with Crippen molar-refractivity contribution < 1.29 is 0 Å². The lowest BCUT2D eigenvalue weighted by molar-refractivity contribution is 1.07. The van der Waals surface area contributed by atoms with E-state index in [-0.39, 0.29) is 0 Å². The standard InChI is InChI=1S/C57H40N6/c1-39-25-26-40(27-28-42-15-11-13-23-52(42)62(39)48-20-9-4-10-21-48)41-29-32-49(33-30-41)63-53-24-14-12-22-50(53)51-34-31-45(36-54(51)63)46-35-47(38-58-37-46)57-60-55(43-16-5-2-6-17-43)59-56(61-57)44-18-7-3-8-19-44/h2-27,29-38H,1,28H2/b26-25-,40-27+. The molecule has 11 rings (SSSR count). The number of hydrogen-bond acceptors (Lipinski definition) is 5. The first-order chi connectivity index (χ1) is 31.1. The number of aromatic nitrogens is 5. The maximum atomic E-state index is 4.97. The van der Waals surface area contributed by atoms with Crippen molar-refractivity contribution in [2.24, 2.45) is 0 Å². The molecule has 0 fully saturated rings. The highest BCUT2D eigenvalue weighted by Crippen LogP contribution is 2.38. The van der Waals surface area contributed by atoms with E-state index < -0.39 is 0 Å². The van der Waals surface area contributed by atoms with Gasteiger partial charge in [-0.1, -0.05) is 158 Å². The normalized spacial score (nSPS) is 14.1. The molecule has 10 aromatic rings. The first-order valence-electron chi connectivity index (χ1n) is 21.1. The molecule has 1 aliphatic heterocycles. The van der Waals surface area contributed by atoms with Crippen LogP contribution >= 0.6 is 0 Å². The Balaban J connectivity index is 0.964. The van der Waals surface area contributed by atoms with Crippen LogP contribution in [0.2, 0.25) is 0 Å². The Morgan fingerprint density at radius 2 is 1.02 bits per heavy atom. The van der Waals surface area contributed by atoms with Crippen molar-refractivity contribution in [1.82, 2.24) is 24.5 Å². The lowest BCUT2D eigenvalue weighted by Gasteiger charge is -2.27. The molecule has 0 saturated heterocycles. The van der Waals surface area contributed by atoms with E-state index in [2.05, 4.69) is 156 Å². The smallest absolute Gasteiger partial charge is 0.165 e. The van der Waals surface area contributed by atoms with Gasteiger partial charge in [0.1, 0.15) is 0 Å². The van der Waals surface area contributed by atoms with E-state index in [0.717, 1.165) is 79.2 Å². The van der Waals surface area contributed by atoms with Crippen LogP contribution in [0.3, 0.4) is 0 Å². The molecule has 1 aliphatic rings. The van der Waals surface area contributed by atoms with E-state index in [1.807, 2.05) is 79.1 Å². The minimum absolute atomic E-state index is 0.569. The summed E-state index contributed by atoms with van der Waals surface area (Å²) < 4.78 is 2.36. The molecule has 4 heterocycles. The van der Waals surface area contributed by atoms with E-state index in [1.165, 1.54) is 16.3 Å². The largest absolute Gasteiger partial charge is 0.311 e. The van der Waals surface area contributed by atoms with Gasteiger partial charge in [-0.05, 0) is 83.3 Å². The lowest BCUT2D eigenvalue weighted by atomic mass is 10.0. The monoisotopic (exact) mass is 808 g/mol. The third-order valence-corrected chi connectivity index (χ3v) is 11.7. The molecule has 63 heavy (non-hydrogen) atoms. The number of rotatable bonds is 7. The molecule has 0 amide bonds. The Bertz CT molecular complexity index is 3310. The molecule has 0 atom stereocenters. The number of fused-ring (bicyclic) bond motifs is 4. The number of hydrogen-bond donors (Lipinski definition) is 0. The van der Waals surface area contributed by atoms with Crippen LogP contribution in [0.5, 0.6) is 0 Å². The molecule has 0 aliphatic carbocycles. The van der Waals surface area contributed by atoms with Crippen LogP contribution in [0.1, 0.15) is 11.1 Å². The van der Waals surface area contributed by atoms with Crippen LogP contribution in [0.4, 0.5) is 11.4 Å². The van der Waals surface area contributed by atoms with Gasteiger partial charge in [0.25, 0.3) is 0 Å². The van der Waals surface area contributed by atoms with Gasteiger partial charge in [-0.2, -0.15) is 0 Å². The molecule has 6 nitrogen and oxygen atoms in total. The van der Waals surface area contributed by atoms with Gasteiger partial charge in [0.15, 0.2) is 17.5 Å². The Labute approximate surface area is 366 Å². The second kappa shape index (κ2) is 16.2. The summed E-state index contributed by atoms with van der Waals surface area (Å²) in [6.07, 6.45) is 11.2. The molecule has 7 aromatic carbocycles. The number of pyridine rings is 1. The van der Waals surface area contributed by atoms with Gasteiger partial charge < -0.3 is 9.47 Å². The van der Waals surface area contributed by atoms with Crippen LogP contribution in [-0.4, -0.2) is 24.5 Å². The minimum atomic E-state index is 0.569. The lowest BCUT2D eigenvalue weighted by Crippen LogP contribution is -2.15. The van der Waals surface area contributed by atoms with Crippen LogP contribution in [0.15, 0.2) is 231 Å². The highest BCUT2D eigenvalue weighted by atomic mass is 15.1. The molecule has 0 unspecified atom stereocenters. The average molecular weight is 809 g/mol. The molecule has 298 valence electrons. The summed E-state index contributed by atoms with van der Waals surface area (Å²) in [5, 5.41) is 2.38. The van der Waals surface area contributed by atoms with Gasteiger partial charge in [-0.15, -0.1) is 0 Å². The quantitative estimate of drug-likeness (QED) is 0.160. The molecule has 0 saturated carbocycles. The van der Waals surface area contributed by atoms with Crippen molar-refractivity contribution in [2.75, 3.05) is 4.90 Å². The molecule has 0 spiro atoms. The van der Waals surface area contributed by atoms with Gasteiger partial charge in [0.05, 0.1) is 11.0 Å². The minimum Gasteiger partial charge on any atom is -0.311 e. The topological polar surface area (TPSA) is 59.7 Å². The number of allylic oxidation sites excluding steroid dienone is 4. The molecular weight excluding hydrogens is 769 g/mol. The van der Waals surface area contributed by atoms with Gasteiger partial charge >= 0.3 is 0 Å². The highest BCUT2D eigenvalue weighted by Gasteiger charge is 2.19. The van der Waals surface area contributed by atoms with Crippen LogP contribution in [0.25, 0.3) is 78.4 Å². The zero-order chi connectivity index (χ0) is 42.1. The number of para-hydroxylation sites is 3. The molecule has 0 N–H and O–H groups in total. The fourth-order valence-corrected chi connectivity index (χ4v) is 8.59. The van der Waals surface area contributed by atoms with Gasteiger partial charge in [-0.25, -0.2) is 15.0 Å². The van der Waals surface area contributed by atoms with Gasteiger partial charge in [0.2, 0.25) is 0 Å². The summed E-state index contributed by atoms with van der Waals surface area (Å²) in [4.78, 5) is 21.8. The fraction of sp³-hybridized carbons (Fsp3) is 0.0175. The van der Waals surface area contributed by atoms with E-state index in [9.17, 15) is 0 Å². The average Bonchev–Trinajstić information content (AvgIpc) is 3.71. The van der Waals surface area contributed by atoms with Crippen molar-refractivity contribution >= 4 is 38.8 Å². The van der Waals surface area contributed by atoms with Crippen LogP contribution < -0.4 is 4.90 Å². The number of nitrogens with zero attached hydrogens (tertiary/aromatic N) is 6. The first-order valence-corrected chi connectivity index (χ1v) is 21.1. The van der Waals surface area contributed by atoms with Crippen molar-refractivity contribution in [3.8, 4) is 51.0 Å². The van der Waals surface area contributed by atoms with Crippen molar-refractivity contribution in [3.05, 3.63) is 242 Å². The number of anilines is 2.